The standard InChI is InChI=1S/C50H33NO/c1-2-12-34(13-3-1)39-18-10-19-42(33-39)51(41-28-26-37(27-29-41)44-22-11-17-36-15-6-7-20-43(36)44)46-30-31-48-50(45-21-8-9-23-47(45)52-48)49(46)40-25-24-35-14-4-5-16-38(35)32-40/h1-33H. The average Bonchev–Trinajstić information content (AvgIpc) is 3.60. The van der Waals surface area contributed by atoms with Crippen LogP contribution in [0.4, 0.5) is 17.1 Å². The molecule has 0 saturated heterocycles. The number of anilines is 3. The molecule has 9 aromatic carbocycles. The van der Waals surface area contributed by atoms with Gasteiger partial charge in [0.15, 0.2) is 0 Å². The Kier molecular flexibility index (Phi) is 7.18. The van der Waals surface area contributed by atoms with E-state index in [1.165, 1.54) is 38.2 Å². The Bertz CT molecular complexity index is 2900. The number of hydrogen-bond acceptors (Lipinski definition) is 2. The molecule has 0 unspecified atom stereocenters. The minimum atomic E-state index is 0.873. The highest BCUT2D eigenvalue weighted by Gasteiger charge is 2.23. The third-order valence-electron chi connectivity index (χ3n) is 10.2. The van der Waals surface area contributed by atoms with Gasteiger partial charge in [0.1, 0.15) is 11.2 Å². The molecular weight excluding hydrogens is 631 g/mol. The van der Waals surface area contributed by atoms with Crippen LogP contribution in [-0.4, -0.2) is 0 Å². The number of fused-ring (bicyclic) bond motifs is 5. The predicted molar refractivity (Wildman–Crippen MR) is 220 cm³/mol. The van der Waals surface area contributed by atoms with Crippen LogP contribution in [0.5, 0.6) is 0 Å². The van der Waals surface area contributed by atoms with E-state index in [0.29, 0.717) is 0 Å². The van der Waals surface area contributed by atoms with Gasteiger partial charge in [-0.25, -0.2) is 0 Å². The molecule has 2 nitrogen and oxygen atoms in total. The molecule has 1 aromatic heterocycles. The molecule has 0 N–H and O–H groups in total. The molecule has 0 fully saturated rings. The zero-order valence-electron chi connectivity index (χ0n) is 28.4. The van der Waals surface area contributed by atoms with E-state index in [-0.39, 0.29) is 0 Å². The molecule has 0 aliphatic carbocycles. The van der Waals surface area contributed by atoms with Gasteiger partial charge in [0.2, 0.25) is 0 Å². The molecule has 52 heavy (non-hydrogen) atoms. The lowest BCUT2D eigenvalue weighted by Gasteiger charge is -2.29. The van der Waals surface area contributed by atoms with Crippen molar-refractivity contribution in [1.82, 2.24) is 0 Å². The topological polar surface area (TPSA) is 16.4 Å². The number of furan rings is 1. The SMILES string of the molecule is c1ccc(-c2cccc(N(c3ccc(-c4cccc5ccccc45)cc3)c3ccc4oc5ccccc5c4c3-c3ccc4ccccc4c3)c2)cc1. The van der Waals surface area contributed by atoms with E-state index in [4.69, 9.17) is 4.42 Å². The zero-order chi connectivity index (χ0) is 34.4. The fourth-order valence-corrected chi connectivity index (χ4v) is 7.78. The van der Waals surface area contributed by atoms with Gasteiger partial charge in [0.25, 0.3) is 0 Å². The number of hydrogen-bond donors (Lipinski definition) is 0. The van der Waals surface area contributed by atoms with Crippen LogP contribution in [0.15, 0.2) is 205 Å². The summed E-state index contributed by atoms with van der Waals surface area (Å²) in [4.78, 5) is 2.41. The Morgan fingerprint density at radius 1 is 0.346 bits per heavy atom. The summed E-state index contributed by atoms with van der Waals surface area (Å²) in [5, 5.41) is 7.12. The third-order valence-corrected chi connectivity index (χ3v) is 10.2. The number of para-hydroxylation sites is 1. The summed E-state index contributed by atoms with van der Waals surface area (Å²) >= 11 is 0. The summed E-state index contributed by atoms with van der Waals surface area (Å²) in [7, 11) is 0. The van der Waals surface area contributed by atoms with Crippen LogP contribution < -0.4 is 4.90 Å². The van der Waals surface area contributed by atoms with Gasteiger partial charge in [0, 0.05) is 27.7 Å². The van der Waals surface area contributed by atoms with Gasteiger partial charge in [-0.1, -0.05) is 152 Å². The first-order valence-electron chi connectivity index (χ1n) is 17.8. The van der Waals surface area contributed by atoms with Crippen LogP contribution in [0, 0.1) is 0 Å². The second kappa shape index (κ2) is 12.5. The van der Waals surface area contributed by atoms with E-state index in [1.807, 2.05) is 6.07 Å². The van der Waals surface area contributed by atoms with Crippen molar-refractivity contribution in [2.45, 2.75) is 0 Å². The third kappa shape index (κ3) is 5.12. The van der Waals surface area contributed by atoms with E-state index in [9.17, 15) is 0 Å². The van der Waals surface area contributed by atoms with Crippen molar-refractivity contribution in [2.24, 2.45) is 0 Å². The molecule has 0 aliphatic rings. The maximum Gasteiger partial charge on any atom is 0.136 e. The highest BCUT2D eigenvalue weighted by molar-refractivity contribution is 6.17. The Morgan fingerprint density at radius 3 is 1.88 bits per heavy atom. The Balaban J connectivity index is 1.24. The first-order chi connectivity index (χ1) is 25.8. The monoisotopic (exact) mass is 663 g/mol. The summed E-state index contributed by atoms with van der Waals surface area (Å²) in [6.45, 7) is 0. The summed E-state index contributed by atoms with van der Waals surface area (Å²) < 4.78 is 6.51. The van der Waals surface area contributed by atoms with Crippen LogP contribution in [0.1, 0.15) is 0 Å². The number of rotatable bonds is 6. The Hall–Kier alpha value is -6.90. The van der Waals surface area contributed by atoms with Gasteiger partial charge in [-0.05, 0) is 97.9 Å². The maximum absolute atomic E-state index is 6.51. The van der Waals surface area contributed by atoms with Gasteiger partial charge in [-0.15, -0.1) is 0 Å². The largest absolute Gasteiger partial charge is 0.456 e. The molecular formula is C50H33NO. The van der Waals surface area contributed by atoms with Gasteiger partial charge >= 0.3 is 0 Å². The van der Waals surface area contributed by atoms with Crippen molar-refractivity contribution in [2.75, 3.05) is 4.90 Å². The molecule has 0 spiro atoms. The second-order valence-electron chi connectivity index (χ2n) is 13.3. The molecule has 0 amide bonds. The highest BCUT2D eigenvalue weighted by Crippen LogP contribution is 2.48. The van der Waals surface area contributed by atoms with Gasteiger partial charge in [0.05, 0.1) is 5.69 Å². The van der Waals surface area contributed by atoms with Crippen molar-refractivity contribution in [3.63, 3.8) is 0 Å². The van der Waals surface area contributed by atoms with Gasteiger partial charge < -0.3 is 9.32 Å². The molecule has 0 radical (unpaired) electrons. The lowest BCUT2D eigenvalue weighted by Crippen LogP contribution is -2.11. The van der Waals surface area contributed by atoms with Gasteiger partial charge in [-0.2, -0.15) is 0 Å². The van der Waals surface area contributed by atoms with Crippen LogP contribution in [-0.2, 0) is 0 Å². The first kappa shape index (κ1) is 30.0. The summed E-state index contributed by atoms with van der Waals surface area (Å²) in [5.41, 5.74) is 12.0. The molecule has 10 rings (SSSR count). The second-order valence-corrected chi connectivity index (χ2v) is 13.3. The molecule has 2 heteroatoms. The summed E-state index contributed by atoms with van der Waals surface area (Å²) in [6, 6.07) is 71.8. The van der Waals surface area contributed by atoms with Crippen LogP contribution in [0.25, 0.3) is 76.9 Å². The molecule has 244 valence electrons. The smallest absolute Gasteiger partial charge is 0.136 e. The lowest BCUT2D eigenvalue weighted by molar-refractivity contribution is 0.669. The van der Waals surface area contributed by atoms with E-state index >= 15 is 0 Å². The molecule has 1 heterocycles. The summed E-state index contributed by atoms with van der Waals surface area (Å²) in [5.74, 6) is 0. The molecule has 0 saturated carbocycles. The Labute approximate surface area is 302 Å². The molecule has 0 aliphatic heterocycles. The fourth-order valence-electron chi connectivity index (χ4n) is 7.78. The van der Waals surface area contributed by atoms with E-state index in [0.717, 1.165) is 55.7 Å². The average molecular weight is 664 g/mol. The van der Waals surface area contributed by atoms with Crippen LogP contribution >= 0.6 is 0 Å². The minimum Gasteiger partial charge on any atom is -0.456 e. The first-order valence-corrected chi connectivity index (χ1v) is 17.8. The molecule has 0 atom stereocenters. The van der Waals surface area contributed by atoms with E-state index in [1.54, 1.807) is 0 Å². The molecule has 10 aromatic rings. The summed E-state index contributed by atoms with van der Waals surface area (Å²) in [6.07, 6.45) is 0. The minimum absolute atomic E-state index is 0.873. The fraction of sp³-hybridized carbons (Fsp3) is 0. The van der Waals surface area contributed by atoms with Crippen molar-refractivity contribution in [1.29, 1.82) is 0 Å². The maximum atomic E-state index is 6.51. The predicted octanol–water partition coefficient (Wildman–Crippen LogP) is 14.4. The molecule has 0 bridgehead atoms. The zero-order valence-corrected chi connectivity index (χ0v) is 28.4. The van der Waals surface area contributed by atoms with E-state index in [2.05, 4.69) is 199 Å². The van der Waals surface area contributed by atoms with E-state index < -0.39 is 0 Å². The van der Waals surface area contributed by atoms with Crippen molar-refractivity contribution < 1.29 is 4.42 Å². The normalized spacial score (nSPS) is 11.5. The number of nitrogens with zero attached hydrogens (tertiary/aromatic N) is 1. The quantitative estimate of drug-likeness (QED) is 0.176. The lowest BCUT2D eigenvalue weighted by atomic mass is 9.94. The van der Waals surface area contributed by atoms with Crippen LogP contribution in [0.2, 0.25) is 0 Å². The van der Waals surface area contributed by atoms with Crippen LogP contribution in [0.3, 0.4) is 0 Å². The van der Waals surface area contributed by atoms with Crippen molar-refractivity contribution in [3.05, 3.63) is 200 Å². The van der Waals surface area contributed by atoms with Crippen molar-refractivity contribution >= 4 is 60.5 Å². The Morgan fingerprint density at radius 2 is 1.02 bits per heavy atom. The number of benzene rings is 9. The highest BCUT2D eigenvalue weighted by atomic mass is 16.3. The van der Waals surface area contributed by atoms with Gasteiger partial charge in [-0.3, -0.25) is 0 Å². The van der Waals surface area contributed by atoms with Crippen molar-refractivity contribution in [3.8, 4) is 33.4 Å².